The van der Waals surface area contributed by atoms with Crippen molar-refractivity contribution in [3.05, 3.63) is 53.6 Å². The first-order valence-electron chi connectivity index (χ1n) is 9.27. The lowest BCUT2D eigenvalue weighted by atomic mass is 9.87. The highest BCUT2D eigenvalue weighted by Crippen LogP contribution is 2.32. The molecule has 2 aromatic carbocycles. The highest BCUT2D eigenvalue weighted by Gasteiger charge is 2.22. The van der Waals surface area contributed by atoms with Crippen LogP contribution in [0, 0.1) is 0 Å². The molecule has 0 radical (unpaired) electrons. The van der Waals surface area contributed by atoms with Gasteiger partial charge in [-0.2, -0.15) is 0 Å². The van der Waals surface area contributed by atoms with Gasteiger partial charge in [-0.3, -0.25) is 9.10 Å². The maximum absolute atomic E-state index is 12.4. The highest BCUT2D eigenvalue weighted by atomic mass is 32.2. The van der Waals surface area contributed by atoms with Crippen LogP contribution in [-0.2, 0) is 26.8 Å². The number of benzene rings is 2. The van der Waals surface area contributed by atoms with Gasteiger partial charge in [-0.15, -0.1) is 0 Å². The Hall–Kier alpha value is -2.74. The fraction of sp³-hybridized carbons (Fsp3) is 0.381. The molecule has 1 aliphatic heterocycles. The number of nitrogens with zero attached hydrogens (tertiary/aromatic N) is 1. The molecule has 29 heavy (non-hydrogen) atoms. The van der Waals surface area contributed by atoms with Crippen LogP contribution in [-0.4, -0.2) is 33.9 Å². The first kappa shape index (κ1) is 21.0. The van der Waals surface area contributed by atoms with Crippen molar-refractivity contribution < 1.29 is 22.7 Å². The van der Waals surface area contributed by atoms with Gasteiger partial charge in [0.05, 0.1) is 11.9 Å². The number of rotatable bonds is 6. The third kappa shape index (κ3) is 5.20. The molecule has 7 nitrogen and oxygen atoms in total. The minimum absolute atomic E-state index is 0.0452. The summed E-state index contributed by atoms with van der Waals surface area (Å²) in [7, 11) is -3.62. The molecule has 1 aliphatic rings. The summed E-state index contributed by atoms with van der Waals surface area (Å²) in [5.41, 5.74) is 2.33. The second kappa shape index (κ2) is 7.94. The van der Waals surface area contributed by atoms with Crippen molar-refractivity contribution in [2.45, 2.75) is 32.7 Å². The number of carbonyl (C=O) groups is 1. The second-order valence-corrected chi connectivity index (χ2v) is 9.94. The van der Waals surface area contributed by atoms with E-state index in [2.05, 4.69) is 26.1 Å². The molecule has 0 unspecified atom stereocenters. The Kier molecular flexibility index (Phi) is 5.75. The molecule has 0 spiro atoms. The summed E-state index contributed by atoms with van der Waals surface area (Å²) >= 11 is 0. The summed E-state index contributed by atoms with van der Waals surface area (Å²) in [5, 5.41) is 2.76. The number of anilines is 1. The van der Waals surface area contributed by atoms with E-state index in [0.717, 1.165) is 21.7 Å². The number of carbonyl (C=O) groups excluding carboxylic acids is 1. The molecule has 1 amide bonds. The van der Waals surface area contributed by atoms with Crippen LogP contribution in [0.3, 0.4) is 0 Å². The van der Waals surface area contributed by atoms with Crippen LogP contribution in [0.1, 0.15) is 31.9 Å². The lowest BCUT2D eigenvalue weighted by Gasteiger charge is -2.24. The number of fused-ring (bicyclic) bond motifs is 1. The van der Waals surface area contributed by atoms with Crippen molar-refractivity contribution in [3.63, 3.8) is 0 Å². The van der Waals surface area contributed by atoms with E-state index in [-0.39, 0.29) is 25.3 Å². The van der Waals surface area contributed by atoms with E-state index in [1.807, 2.05) is 18.2 Å². The Labute approximate surface area is 171 Å². The van der Waals surface area contributed by atoms with Gasteiger partial charge in [0.1, 0.15) is 6.54 Å². The Balaban J connectivity index is 1.68. The van der Waals surface area contributed by atoms with Gasteiger partial charge in [0.15, 0.2) is 11.5 Å². The van der Waals surface area contributed by atoms with Gasteiger partial charge in [-0.05, 0) is 40.8 Å². The zero-order valence-electron chi connectivity index (χ0n) is 17.1. The van der Waals surface area contributed by atoms with Crippen molar-refractivity contribution in [1.82, 2.24) is 5.32 Å². The Morgan fingerprint density at radius 1 is 1.07 bits per heavy atom. The maximum Gasteiger partial charge on any atom is 0.241 e. The van der Waals surface area contributed by atoms with Crippen LogP contribution in [0.25, 0.3) is 0 Å². The molecule has 0 aromatic heterocycles. The topological polar surface area (TPSA) is 84.9 Å². The number of sulfonamides is 1. The van der Waals surface area contributed by atoms with Crippen LogP contribution >= 0.6 is 0 Å². The molecule has 3 rings (SSSR count). The lowest BCUT2D eigenvalue weighted by molar-refractivity contribution is -0.119. The number of ether oxygens (including phenoxy) is 2. The van der Waals surface area contributed by atoms with Crippen LogP contribution in [0.2, 0.25) is 0 Å². The van der Waals surface area contributed by atoms with Gasteiger partial charge in [-0.1, -0.05) is 39.0 Å². The summed E-state index contributed by atoms with van der Waals surface area (Å²) < 4.78 is 36.2. The van der Waals surface area contributed by atoms with E-state index in [1.54, 1.807) is 24.3 Å². The number of hydrogen-bond donors (Lipinski definition) is 1. The predicted octanol–water partition coefficient (Wildman–Crippen LogP) is 2.80. The molecule has 1 heterocycles. The van der Waals surface area contributed by atoms with E-state index >= 15 is 0 Å². The van der Waals surface area contributed by atoms with Crippen LogP contribution < -0.4 is 19.1 Å². The third-order valence-corrected chi connectivity index (χ3v) is 5.78. The van der Waals surface area contributed by atoms with Crippen molar-refractivity contribution in [2.24, 2.45) is 0 Å². The summed E-state index contributed by atoms with van der Waals surface area (Å²) in [6.45, 7) is 6.40. The fourth-order valence-corrected chi connectivity index (χ4v) is 3.82. The second-order valence-electron chi connectivity index (χ2n) is 8.03. The van der Waals surface area contributed by atoms with Gasteiger partial charge in [-0.25, -0.2) is 8.42 Å². The molecule has 0 bridgehead atoms. The van der Waals surface area contributed by atoms with Gasteiger partial charge >= 0.3 is 0 Å². The zero-order chi connectivity index (χ0) is 21.2. The largest absolute Gasteiger partial charge is 0.454 e. The van der Waals surface area contributed by atoms with Crippen molar-refractivity contribution >= 4 is 21.6 Å². The van der Waals surface area contributed by atoms with Crippen molar-refractivity contribution in [2.75, 3.05) is 23.9 Å². The van der Waals surface area contributed by atoms with E-state index in [9.17, 15) is 13.2 Å². The molecular formula is C21H26N2O5S. The number of amides is 1. The van der Waals surface area contributed by atoms with Crippen LogP contribution in [0.15, 0.2) is 42.5 Å². The van der Waals surface area contributed by atoms with Gasteiger partial charge in [0, 0.05) is 6.54 Å². The smallest absolute Gasteiger partial charge is 0.241 e. The lowest BCUT2D eigenvalue weighted by Crippen LogP contribution is -2.40. The standard InChI is InChI=1S/C21H26N2O5S/c1-21(2,3)16-6-8-17(9-7-16)23(29(4,25)26)13-20(24)22-12-15-5-10-18-19(11-15)28-14-27-18/h5-11H,12-14H2,1-4H3,(H,22,24). The van der Waals surface area contributed by atoms with Gasteiger partial charge in [0.2, 0.25) is 22.7 Å². The summed E-state index contributed by atoms with van der Waals surface area (Å²) in [5.74, 6) is 0.906. The first-order valence-corrected chi connectivity index (χ1v) is 11.1. The molecule has 156 valence electrons. The van der Waals surface area contributed by atoms with Crippen molar-refractivity contribution in [1.29, 1.82) is 0 Å². The normalized spacial score (nSPS) is 13.2. The molecule has 0 saturated heterocycles. The van der Waals surface area contributed by atoms with E-state index in [4.69, 9.17) is 9.47 Å². The van der Waals surface area contributed by atoms with Gasteiger partial charge in [0.25, 0.3) is 0 Å². The fourth-order valence-electron chi connectivity index (χ4n) is 2.97. The van der Waals surface area contributed by atoms with E-state index in [0.29, 0.717) is 17.2 Å². The predicted molar refractivity (Wildman–Crippen MR) is 112 cm³/mol. The monoisotopic (exact) mass is 418 g/mol. The Morgan fingerprint density at radius 3 is 2.34 bits per heavy atom. The maximum atomic E-state index is 12.4. The quantitative estimate of drug-likeness (QED) is 0.780. The summed E-state index contributed by atoms with van der Waals surface area (Å²) in [6.07, 6.45) is 1.09. The SMILES string of the molecule is CC(C)(C)c1ccc(N(CC(=O)NCc2ccc3c(c2)OCO3)S(C)(=O)=O)cc1. The number of nitrogens with one attached hydrogen (secondary N) is 1. The molecule has 2 aromatic rings. The Morgan fingerprint density at radius 2 is 1.72 bits per heavy atom. The average molecular weight is 419 g/mol. The average Bonchev–Trinajstić information content (AvgIpc) is 3.11. The zero-order valence-corrected chi connectivity index (χ0v) is 17.9. The molecule has 0 fully saturated rings. The minimum Gasteiger partial charge on any atom is -0.454 e. The minimum atomic E-state index is -3.62. The van der Waals surface area contributed by atoms with Crippen molar-refractivity contribution in [3.8, 4) is 11.5 Å². The molecule has 1 N–H and O–H groups in total. The molecule has 8 heteroatoms. The highest BCUT2D eigenvalue weighted by molar-refractivity contribution is 7.92. The molecule has 0 atom stereocenters. The molecular weight excluding hydrogens is 392 g/mol. The number of hydrogen-bond acceptors (Lipinski definition) is 5. The van der Waals surface area contributed by atoms with Crippen LogP contribution in [0.5, 0.6) is 11.5 Å². The summed E-state index contributed by atoms with van der Waals surface area (Å²) in [6, 6.07) is 12.6. The molecule has 0 aliphatic carbocycles. The summed E-state index contributed by atoms with van der Waals surface area (Å²) in [4.78, 5) is 12.4. The third-order valence-electron chi connectivity index (χ3n) is 4.64. The first-order chi connectivity index (χ1) is 13.5. The van der Waals surface area contributed by atoms with Crippen LogP contribution in [0.4, 0.5) is 5.69 Å². The van der Waals surface area contributed by atoms with E-state index in [1.165, 1.54) is 0 Å². The Bertz CT molecular complexity index is 995. The van der Waals surface area contributed by atoms with Gasteiger partial charge < -0.3 is 14.8 Å². The molecule has 0 saturated carbocycles. The van der Waals surface area contributed by atoms with E-state index < -0.39 is 15.9 Å².